The normalized spacial score (nSPS) is 17.3. The molecule has 0 saturated carbocycles. The van der Waals surface area contributed by atoms with E-state index in [1.807, 2.05) is 62.4 Å². The molecular weight excluding hydrogens is 418 g/mol. The zero-order chi connectivity index (χ0) is 23.7. The van der Waals surface area contributed by atoms with Crippen molar-refractivity contribution < 1.29 is 24.2 Å². The molecule has 33 heavy (non-hydrogen) atoms. The van der Waals surface area contributed by atoms with Crippen molar-refractivity contribution >= 4 is 23.1 Å². The lowest BCUT2D eigenvalue weighted by Gasteiger charge is -2.27. The van der Waals surface area contributed by atoms with E-state index in [1.165, 1.54) is 19.1 Å². The second kappa shape index (κ2) is 8.82. The molecule has 0 aliphatic carbocycles. The van der Waals surface area contributed by atoms with Crippen LogP contribution in [0.4, 0.5) is 5.69 Å². The lowest BCUT2D eigenvalue weighted by atomic mass is 9.94. The molecule has 1 unspecified atom stereocenters. The molecule has 1 fully saturated rings. The van der Waals surface area contributed by atoms with Crippen molar-refractivity contribution in [3.05, 3.63) is 94.6 Å². The second-order valence-electron chi connectivity index (χ2n) is 7.94. The van der Waals surface area contributed by atoms with Crippen LogP contribution >= 0.6 is 0 Å². The Labute approximate surface area is 192 Å². The first-order valence-electron chi connectivity index (χ1n) is 10.5. The molecule has 1 N–H and O–H groups in total. The third-order valence-electron chi connectivity index (χ3n) is 5.83. The minimum atomic E-state index is -0.802. The van der Waals surface area contributed by atoms with Gasteiger partial charge in [0.1, 0.15) is 17.3 Å². The Bertz CT molecular complexity index is 1260. The van der Waals surface area contributed by atoms with Gasteiger partial charge in [-0.05, 0) is 49.2 Å². The lowest BCUT2D eigenvalue weighted by molar-refractivity contribution is -0.132. The summed E-state index contributed by atoms with van der Waals surface area (Å²) in [7, 11) is 2.98. The van der Waals surface area contributed by atoms with E-state index in [4.69, 9.17) is 9.47 Å². The first kappa shape index (κ1) is 22.1. The summed E-state index contributed by atoms with van der Waals surface area (Å²) in [6, 6.07) is 19.0. The number of aliphatic hydroxyl groups excluding tert-OH is 1. The molecule has 1 saturated heterocycles. The summed E-state index contributed by atoms with van der Waals surface area (Å²) in [6.07, 6.45) is 0. The summed E-state index contributed by atoms with van der Waals surface area (Å²) in [5.41, 5.74) is 3.50. The molecular formula is C27H25NO5. The van der Waals surface area contributed by atoms with E-state index in [0.717, 1.165) is 11.1 Å². The summed E-state index contributed by atoms with van der Waals surface area (Å²) in [4.78, 5) is 28.1. The van der Waals surface area contributed by atoms with E-state index in [2.05, 4.69) is 0 Å². The number of anilines is 1. The molecule has 1 aliphatic rings. The van der Waals surface area contributed by atoms with Crippen molar-refractivity contribution in [2.24, 2.45) is 0 Å². The minimum Gasteiger partial charge on any atom is -0.507 e. The molecule has 1 amide bonds. The highest BCUT2D eigenvalue weighted by Gasteiger charge is 2.47. The van der Waals surface area contributed by atoms with Crippen molar-refractivity contribution in [2.75, 3.05) is 19.1 Å². The third-order valence-corrected chi connectivity index (χ3v) is 5.83. The Morgan fingerprint density at radius 3 is 2.27 bits per heavy atom. The van der Waals surface area contributed by atoms with Gasteiger partial charge in [-0.1, -0.05) is 48.0 Å². The van der Waals surface area contributed by atoms with Gasteiger partial charge in [-0.25, -0.2) is 0 Å². The fourth-order valence-corrected chi connectivity index (χ4v) is 4.25. The van der Waals surface area contributed by atoms with E-state index in [9.17, 15) is 14.7 Å². The van der Waals surface area contributed by atoms with E-state index in [1.54, 1.807) is 18.2 Å². The molecule has 3 aromatic rings. The molecule has 0 bridgehead atoms. The average molecular weight is 443 g/mol. The van der Waals surface area contributed by atoms with E-state index in [0.29, 0.717) is 22.7 Å². The fraction of sp³-hybridized carbons (Fsp3) is 0.185. The van der Waals surface area contributed by atoms with Crippen LogP contribution in [0.1, 0.15) is 28.3 Å². The number of Topliss-reactive ketones (excluding diaryl/α,β-unsaturated/α-hetero) is 1. The summed E-state index contributed by atoms with van der Waals surface area (Å²) in [5, 5.41) is 11.4. The Kier molecular flexibility index (Phi) is 5.92. The lowest BCUT2D eigenvalue weighted by Crippen LogP contribution is -2.30. The number of benzene rings is 3. The van der Waals surface area contributed by atoms with Crippen molar-refractivity contribution in [3.63, 3.8) is 0 Å². The highest BCUT2D eigenvalue weighted by atomic mass is 16.5. The number of amides is 1. The average Bonchev–Trinajstić information content (AvgIpc) is 3.09. The number of carbonyl (C=O) groups is 2. The van der Waals surface area contributed by atoms with E-state index in [-0.39, 0.29) is 16.9 Å². The number of ketones is 1. The first-order valence-corrected chi connectivity index (χ1v) is 10.5. The van der Waals surface area contributed by atoms with Crippen molar-refractivity contribution in [3.8, 4) is 11.5 Å². The maximum absolute atomic E-state index is 13.3. The topological polar surface area (TPSA) is 76.1 Å². The van der Waals surface area contributed by atoms with Crippen LogP contribution in [0.2, 0.25) is 0 Å². The standard InChI is InChI=1S/C27H25NO5/c1-16-10-12-21(17(2)14-16)28-24(18-8-6-5-7-9-18)23(26(30)27(28)31)25(29)20-15-19(32-3)11-13-22(20)33-4/h5-15,24,29H,1-4H3/b25-23+. The quantitative estimate of drug-likeness (QED) is 0.343. The molecule has 1 heterocycles. The molecule has 3 aromatic carbocycles. The van der Waals surface area contributed by atoms with Gasteiger partial charge in [0.05, 0.1) is 31.4 Å². The monoisotopic (exact) mass is 443 g/mol. The van der Waals surface area contributed by atoms with Crippen molar-refractivity contribution in [1.29, 1.82) is 0 Å². The molecule has 0 spiro atoms. The molecule has 0 radical (unpaired) electrons. The summed E-state index contributed by atoms with van der Waals surface area (Å²) in [6.45, 7) is 3.86. The van der Waals surface area contributed by atoms with E-state index < -0.39 is 17.7 Å². The van der Waals surface area contributed by atoms with Crippen LogP contribution in [-0.4, -0.2) is 31.0 Å². The van der Waals surface area contributed by atoms with Gasteiger partial charge in [0, 0.05) is 5.69 Å². The van der Waals surface area contributed by atoms with Crippen LogP contribution in [0.5, 0.6) is 11.5 Å². The highest BCUT2D eigenvalue weighted by molar-refractivity contribution is 6.51. The van der Waals surface area contributed by atoms with Gasteiger partial charge in [-0.2, -0.15) is 0 Å². The minimum absolute atomic E-state index is 0.00210. The van der Waals surface area contributed by atoms with Crippen LogP contribution < -0.4 is 14.4 Å². The first-order chi connectivity index (χ1) is 15.9. The zero-order valence-corrected chi connectivity index (χ0v) is 19.0. The number of aliphatic hydroxyl groups is 1. The molecule has 168 valence electrons. The Hall–Kier alpha value is -4.06. The van der Waals surface area contributed by atoms with Crippen LogP contribution in [0.3, 0.4) is 0 Å². The van der Waals surface area contributed by atoms with Gasteiger partial charge in [0.15, 0.2) is 0 Å². The van der Waals surface area contributed by atoms with E-state index >= 15 is 0 Å². The number of rotatable bonds is 5. The summed E-state index contributed by atoms with van der Waals surface area (Å²) < 4.78 is 10.7. The number of methoxy groups -OCH3 is 2. The molecule has 6 nitrogen and oxygen atoms in total. The zero-order valence-electron chi connectivity index (χ0n) is 19.0. The Balaban J connectivity index is 1.99. The van der Waals surface area contributed by atoms with Gasteiger partial charge in [-0.3, -0.25) is 14.5 Å². The smallest absolute Gasteiger partial charge is 0.300 e. The maximum Gasteiger partial charge on any atom is 0.300 e. The number of aryl methyl sites for hydroxylation is 2. The molecule has 1 atom stereocenters. The van der Waals surface area contributed by atoms with Crippen molar-refractivity contribution in [2.45, 2.75) is 19.9 Å². The number of carbonyl (C=O) groups excluding carboxylic acids is 2. The predicted molar refractivity (Wildman–Crippen MR) is 127 cm³/mol. The van der Waals surface area contributed by atoms with Crippen LogP contribution in [0.25, 0.3) is 5.76 Å². The van der Waals surface area contributed by atoms with Gasteiger partial charge in [0.2, 0.25) is 0 Å². The number of nitrogens with zero attached hydrogens (tertiary/aromatic N) is 1. The van der Waals surface area contributed by atoms with Gasteiger partial charge >= 0.3 is 0 Å². The number of ether oxygens (including phenoxy) is 2. The van der Waals surface area contributed by atoms with Gasteiger partial charge in [0.25, 0.3) is 11.7 Å². The van der Waals surface area contributed by atoms with Crippen LogP contribution in [0.15, 0.2) is 72.3 Å². The van der Waals surface area contributed by atoms with Crippen molar-refractivity contribution in [1.82, 2.24) is 0 Å². The largest absolute Gasteiger partial charge is 0.507 e. The Morgan fingerprint density at radius 1 is 0.909 bits per heavy atom. The number of hydrogen-bond acceptors (Lipinski definition) is 5. The SMILES string of the molecule is COc1ccc(OC)c(/C(O)=C2\C(=O)C(=O)N(c3ccc(C)cc3C)C2c2ccccc2)c1. The third kappa shape index (κ3) is 3.84. The maximum atomic E-state index is 13.3. The number of hydrogen-bond donors (Lipinski definition) is 1. The molecule has 0 aromatic heterocycles. The molecule has 6 heteroatoms. The summed E-state index contributed by atoms with van der Waals surface area (Å²) in [5.74, 6) is -0.925. The predicted octanol–water partition coefficient (Wildman–Crippen LogP) is 4.95. The van der Waals surface area contributed by atoms with Crippen LogP contribution in [0, 0.1) is 13.8 Å². The van der Waals surface area contributed by atoms with Crippen LogP contribution in [-0.2, 0) is 9.59 Å². The highest BCUT2D eigenvalue weighted by Crippen LogP contribution is 2.44. The second-order valence-corrected chi connectivity index (χ2v) is 7.94. The summed E-state index contributed by atoms with van der Waals surface area (Å²) >= 11 is 0. The van der Waals surface area contributed by atoms with Gasteiger partial charge in [-0.15, -0.1) is 0 Å². The Morgan fingerprint density at radius 2 is 1.64 bits per heavy atom. The molecule has 4 rings (SSSR count). The fourth-order valence-electron chi connectivity index (χ4n) is 4.25. The molecule has 1 aliphatic heterocycles. The van der Waals surface area contributed by atoms with Gasteiger partial charge < -0.3 is 14.6 Å².